The van der Waals surface area contributed by atoms with E-state index >= 15 is 0 Å². The lowest BCUT2D eigenvalue weighted by molar-refractivity contribution is 0.108. The highest BCUT2D eigenvalue weighted by atomic mass is 32.1. The highest BCUT2D eigenvalue weighted by molar-refractivity contribution is 7.10. The summed E-state index contributed by atoms with van der Waals surface area (Å²) in [5.74, 6) is 13.9. The molecule has 0 spiro atoms. The average Bonchev–Trinajstić information content (AvgIpc) is 1.27. The Morgan fingerprint density at radius 2 is 0.694 bits per heavy atom. The monoisotopic (exact) mass is 1880 g/mol. The molecule has 5 aliphatic heterocycles. The number of amides is 1. The number of piperidine rings is 4. The van der Waals surface area contributed by atoms with E-state index in [1.807, 2.05) is 51.1 Å². The molecule has 9 nitrogen and oxygen atoms in total. The standard InChI is InChI=1S/C9H12O.C8H15NO2.C8H16.2C8H10.C8H16.C7H15N.3C7H14.C7H8.2C6H13N.C6H8O.C6H8S.C6H12.C5H10O.C4H8.CH4/c1-7-4-5-8(2)9(6-7)10-3;1-7-3-5-9(6-4-7)8(10)11-2;3*1-7-3-5-8(2)6-4-7;1-7-5-3-4-6-8(7)2;1-7-3-5-8(2)6-4-7;4*1-7-5-3-2-4-6-7;1-6-3-2-4-7-5-6;1-7-5-3-2-4-6-7;2*1-5-3-4-7-6(5)2;1-6-4-2-3-5-6;1-5-3-2-4-6-5;1-4-2-3-4;/h4-6H,1-3H3;7H,3-6H2,1-2H3;7-8H,3-6H2,1-2H3;2*3-6H,1-2H3;7-8H,3-6H2,1-2H3;7H,3-6H2,1-2H3;3*7H,2-6H2,1H3;2-6H,1H3;6-7H,2-5H2,1H3;2-6H2,1H3;2*3-4H,1-2H3;6H,2-5H2,1H3;5H,2-4H2,1H3;4H,2-3H2,1H3;1H4. The van der Waals surface area contributed by atoms with Crippen LogP contribution in [0.5, 0.6) is 5.75 Å². The van der Waals surface area contributed by atoms with Gasteiger partial charge in [0, 0.05) is 24.6 Å². The van der Waals surface area contributed by atoms with Crippen molar-refractivity contribution >= 4 is 17.4 Å². The minimum atomic E-state index is -0.183. The molecule has 12 fully saturated rings. The van der Waals surface area contributed by atoms with Crippen LogP contribution < -0.4 is 10.1 Å². The van der Waals surface area contributed by atoms with Gasteiger partial charge in [0.25, 0.3) is 0 Å². The fraction of sp³-hybridized carbons (Fsp3) is 0.734. The summed E-state index contributed by atoms with van der Waals surface area (Å²) in [7, 11) is 7.52. The number of thiophene rings is 1. The Hall–Kier alpha value is -5.23. The third-order valence-electron chi connectivity index (χ3n) is 28.7. The number of rotatable bonds is 1. The molecule has 134 heavy (non-hydrogen) atoms. The van der Waals surface area contributed by atoms with Crippen LogP contribution in [0, 0.1) is 147 Å². The highest BCUT2D eigenvalue weighted by Gasteiger charge is 2.21. The molecule has 772 valence electrons. The molecule has 7 saturated carbocycles. The van der Waals surface area contributed by atoms with Gasteiger partial charge >= 0.3 is 6.09 Å². The molecule has 7 aliphatic carbocycles. The van der Waals surface area contributed by atoms with Crippen molar-refractivity contribution in [3.63, 3.8) is 0 Å². The van der Waals surface area contributed by atoms with E-state index in [1.54, 1.807) is 29.6 Å². The van der Waals surface area contributed by atoms with Gasteiger partial charge in [-0.25, -0.2) is 4.79 Å². The molecule has 12 aliphatic rings. The molecule has 18 rings (SSSR count). The predicted molar refractivity (Wildman–Crippen MR) is 596 cm³/mol. The SMILES string of the molecule is C.CC1CC1.CC1CCC(C)CC1.CC1CCCC1.CC1CCCCC1.CC1CCCCC1.CC1CCCCC1.CC1CCCCC1C.CC1CCCNC1.CC1CCCO1.CC1CCN(C)CC1.CN1CCCCC1.COC(=O)N1CCC(C)CC1.COc1cc(C)ccc1C.Cc1ccc(C)cc1.Cc1ccc(C)cc1.Cc1ccccc1.Cc1ccoc1C.Cc1ccsc1C. The van der Waals surface area contributed by atoms with Crippen molar-refractivity contribution in [3.8, 4) is 5.75 Å². The van der Waals surface area contributed by atoms with E-state index in [-0.39, 0.29) is 13.5 Å². The smallest absolute Gasteiger partial charge is 0.409 e. The van der Waals surface area contributed by atoms with Crippen molar-refractivity contribution in [1.82, 2.24) is 20.0 Å². The first-order valence-electron chi connectivity index (χ1n) is 54.8. The van der Waals surface area contributed by atoms with Crippen molar-refractivity contribution in [2.45, 2.75) is 437 Å². The molecule has 2 aromatic heterocycles. The van der Waals surface area contributed by atoms with Crippen LogP contribution in [0.3, 0.4) is 0 Å². The number of ether oxygens (including phenoxy) is 3. The fourth-order valence-corrected chi connectivity index (χ4v) is 17.8. The number of nitrogens with zero attached hydrogens (tertiary/aromatic N) is 3. The van der Waals surface area contributed by atoms with E-state index in [9.17, 15) is 4.79 Å². The number of likely N-dealkylation sites (tertiary alicyclic amines) is 3. The largest absolute Gasteiger partial charge is 0.496 e. The van der Waals surface area contributed by atoms with Crippen LogP contribution in [-0.4, -0.2) is 114 Å². The Morgan fingerprint density at radius 1 is 0.343 bits per heavy atom. The molecule has 0 radical (unpaired) electrons. The molecule has 7 heterocycles. The van der Waals surface area contributed by atoms with Crippen molar-refractivity contribution in [2.75, 3.05) is 87.3 Å². The summed E-state index contributed by atoms with van der Waals surface area (Å²) in [5, 5.41) is 5.45. The normalized spacial score (nSPS) is 21.7. The Kier molecular flexibility index (Phi) is 80.3. The van der Waals surface area contributed by atoms with E-state index in [0.29, 0.717) is 6.10 Å². The van der Waals surface area contributed by atoms with Crippen LogP contribution in [0.15, 0.2) is 125 Å². The lowest BCUT2D eigenvalue weighted by Crippen LogP contribution is -2.37. The molecule has 0 bridgehead atoms. The molecule has 6 aromatic rings. The van der Waals surface area contributed by atoms with Crippen LogP contribution in [0.4, 0.5) is 4.79 Å². The molecule has 1 amide bonds. The molecule has 4 aromatic carbocycles. The van der Waals surface area contributed by atoms with E-state index in [4.69, 9.17) is 13.9 Å². The number of methoxy groups -OCH3 is 2. The number of benzene rings is 4. The maximum absolute atomic E-state index is 11.0. The number of aryl methyl sites for hydroxylation is 11. The molecule has 5 saturated heterocycles. The second kappa shape index (κ2) is 83.5. The zero-order valence-electron chi connectivity index (χ0n) is 92.5. The number of carbonyl (C=O) groups is 1. The van der Waals surface area contributed by atoms with Gasteiger partial charge in [0.1, 0.15) is 11.5 Å². The van der Waals surface area contributed by atoms with E-state index in [1.165, 1.54) is 345 Å². The van der Waals surface area contributed by atoms with Crippen molar-refractivity contribution in [3.05, 3.63) is 182 Å². The number of nitrogens with one attached hydrogen (secondary N) is 1. The summed E-state index contributed by atoms with van der Waals surface area (Å²) in [4.78, 5) is 19.0. The van der Waals surface area contributed by atoms with Crippen molar-refractivity contribution < 1.29 is 23.4 Å². The number of furan rings is 1. The molecular weight excluding hydrogens is 1660 g/mol. The first kappa shape index (κ1) is 129. The van der Waals surface area contributed by atoms with Gasteiger partial charge in [-0.05, 0) is 318 Å². The van der Waals surface area contributed by atoms with Crippen LogP contribution in [0.25, 0.3) is 0 Å². The summed E-state index contributed by atoms with van der Waals surface area (Å²) in [6.07, 6.45) is 59.7. The first-order valence-corrected chi connectivity index (χ1v) is 55.7. The maximum Gasteiger partial charge on any atom is 0.409 e. The summed E-state index contributed by atoms with van der Waals surface area (Å²) >= 11 is 1.80. The lowest BCUT2D eigenvalue weighted by atomic mass is 9.82. The van der Waals surface area contributed by atoms with Crippen LogP contribution >= 0.6 is 11.3 Å². The average molecular weight is 1880 g/mol. The molecular formula is C124H220N4O5S. The third-order valence-corrected chi connectivity index (χ3v) is 29.7. The van der Waals surface area contributed by atoms with E-state index < -0.39 is 0 Å². The topological polar surface area (TPSA) is 79.7 Å². The Bertz CT molecular complexity index is 3190. The lowest BCUT2D eigenvalue weighted by Gasteiger charge is -2.28. The van der Waals surface area contributed by atoms with Crippen molar-refractivity contribution in [2.24, 2.45) is 71.0 Å². The van der Waals surface area contributed by atoms with Gasteiger partial charge in [-0.1, -0.05) is 402 Å². The summed E-state index contributed by atoms with van der Waals surface area (Å²) in [6, 6.07) is 37.5. The molecule has 4 atom stereocenters. The minimum Gasteiger partial charge on any atom is -0.496 e. The first-order chi connectivity index (χ1) is 63.6. The second-order valence-electron chi connectivity index (χ2n) is 43.4. The van der Waals surface area contributed by atoms with Gasteiger partial charge in [0.05, 0.1) is 26.6 Å². The third kappa shape index (κ3) is 76.6. The van der Waals surface area contributed by atoms with Crippen molar-refractivity contribution in [1.29, 1.82) is 0 Å². The number of hydrogen-bond acceptors (Lipinski definition) is 9. The quantitative estimate of drug-likeness (QED) is 0.174. The summed E-state index contributed by atoms with van der Waals surface area (Å²) < 4.78 is 19.9. The summed E-state index contributed by atoms with van der Waals surface area (Å²) in [5.41, 5.74) is 11.7. The second-order valence-corrected chi connectivity index (χ2v) is 44.5. The van der Waals surface area contributed by atoms with Gasteiger partial charge in [0.15, 0.2) is 0 Å². The molecule has 10 heteroatoms. The summed E-state index contributed by atoms with van der Waals surface area (Å²) in [6.45, 7) is 63.4. The Morgan fingerprint density at radius 3 is 0.910 bits per heavy atom. The van der Waals surface area contributed by atoms with Crippen LogP contribution in [0.1, 0.15) is 415 Å². The fourth-order valence-electron chi connectivity index (χ4n) is 17.1. The van der Waals surface area contributed by atoms with E-state index in [0.717, 1.165) is 115 Å². The molecule has 4 unspecified atom stereocenters. The van der Waals surface area contributed by atoms with Crippen LogP contribution in [-0.2, 0) is 9.47 Å². The van der Waals surface area contributed by atoms with E-state index in [2.05, 4.69) is 264 Å². The van der Waals surface area contributed by atoms with Gasteiger partial charge in [-0.3, -0.25) is 0 Å². The zero-order valence-corrected chi connectivity index (χ0v) is 93.3. The van der Waals surface area contributed by atoms with Crippen LogP contribution in [0.2, 0.25) is 0 Å². The minimum absolute atomic E-state index is 0. The van der Waals surface area contributed by atoms with Gasteiger partial charge in [-0.15, -0.1) is 11.3 Å². The Labute approximate surface area is 837 Å². The Balaban J connectivity index is 0.00000140. The highest BCUT2D eigenvalue weighted by Crippen LogP contribution is 2.31. The molecule has 1 N–H and O–H groups in total. The van der Waals surface area contributed by atoms with Gasteiger partial charge in [0.2, 0.25) is 0 Å². The van der Waals surface area contributed by atoms with Gasteiger partial charge < -0.3 is 38.6 Å². The van der Waals surface area contributed by atoms with Gasteiger partial charge in [-0.2, -0.15) is 0 Å². The number of hydrogen-bond donors (Lipinski definition) is 1. The zero-order chi connectivity index (χ0) is 98.8. The number of carbonyl (C=O) groups excluding carboxylic acids is 1. The predicted octanol–water partition coefficient (Wildman–Crippen LogP) is 37.0. The maximum atomic E-state index is 11.0.